The van der Waals surface area contributed by atoms with Crippen LogP contribution >= 0.6 is 12.4 Å². The molecule has 1 heterocycles. The molecule has 19 heavy (non-hydrogen) atoms. The molecule has 3 nitrogen and oxygen atoms in total. The SMILES string of the molecule is CCc1ccc(OCC(O)CN2CCCC2)cc1.Cl. The van der Waals surface area contributed by atoms with Crippen LogP contribution in [0.2, 0.25) is 0 Å². The summed E-state index contributed by atoms with van der Waals surface area (Å²) in [6.45, 7) is 5.47. The first-order chi connectivity index (χ1) is 8.78. The molecule has 0 radical (unpaired) electrons. The number of hydrogen-bond donors (Lipinski definition) is 1. The molecule has 1 aliphatic rings. The third kappa shape index (κ3) is 5.39. The second-order valence-electron chi connectivity index (χ2n) is 4.97. The van der Waals surface area contributed by atoms with Crippen molar-refractivity contribution < 1.29 is 9.84 Å². The number of rotatable bonds is 6. The number of aliphatic hydroxyl groups is 1. The molecular formula is C15H24ClNO2. The Morgan fingerprint density at radius 3 is 2.42 bits per heavy atom. The molecule has 1 saturated heterocycles. The molecule has 1 aromatic rings. The largest absolute Gasteiger partial charge is 0.491 e. The predicted molar refractivity (Wildman–Crippen MR) is 80.2 cm³/mol. The van der Waals surface area contributed by atoms with Gasteiger partial charge in [0, 0.05) is 6.54 Å². The molecule has 4 heteroatoms. The van der Waals surface area contributed by atoms with Gasteiger partial charge in [-0.25, -0.2) is 0 Å². The zero-order valence-electron chi connectivity index (χ0n) is 11.5. The Morgan fingerprint density at radius 2 is 1.84 bits per heavy atom. The average molecular weight is 286 g/mol. The van der Waals surface area contributed by atoms with Crippen molar-refractivity contribution in [1.82, 2.24) is 4.90 Å². The van der Waals surface area contributed by atoms with Gasteiger partial charge in [0.15, 0.2) is 0 Å². The highest BCUT2D eigenvalue weighted by Crippen LogP contribution is 2.13. The van der Waals surface area contributed by atoms with E-state index >= 15 is 0 Å². The third-order valence-corrected chi connectivity index (χ3v) is 3.44. The fraction of sp³-hybridized carbons (Fsp3) is 0.600. The highest BCUT2D eigenvalue weighted by Gasteiger charge is 2.15. The Labute approximate surface area is 122 Å². The first-order valence-electron chi connectivity index (χ1n) is 6.90. The molecule has 0 saturated carbocycles. The van der Waals surface area contributed by atoms with Gasteiger partial charge >= 0.3 is 0 Å². The van der Waals surface area contributed by atoms with Crippen molar-refractivity contribution in [3.05, 3.63) is 29.8 Å². The van der Waals surface area contributed by atoms with Crippen LogP contribution in [0.5, 0.6) is 5.75 Å². The van der Waals surface area contributed by atoms with Crippen LogP contribution in [0.25, 0.3) is 0 Å². The van der Waals surface area contributed by atoms with E-state index in [0.717, 1.165) is 31.8 Å². The number of hydrogen-bond acceptors (Lipinski definition) is 3. The van der Waals surface area contributed by atoms with Crippen molar-refractivity contribution in [1.29, 1.82) is 0 Å². The third-order valence-electron chi connectivity index (χ3n) is 3.44. The highest BCUT2D eigenvalue weighted by atomic mass is 35.5. The Kier molecular flexibility index (Phi) is 7.21. The number of aliphatic hydroxyl groups excluding tert-OH is 1. The van der Waals surface area contributed by atoms with Crippen molar-refractivity contribution in [2.45, 2.75) is 32.3 Å². The Balaban J connectivity index is 0.00000180. The van der Waals surface area contributed by atoms with Gasteiger partial charge in [-0.2, -0.15) is 0 Å². The minimum atomic E-state index is -0.394. The molecule has 0 aromatic heterocycles. The molecule has 1 aromatic carbocycles. The standard InChI is InChI=1S/C15H23NO2.ClH/c1-2-13-5-7-15(8-6-13)18-12-14(17)11-16-9-3-4-10-16;/h5-8,14,17H,2-4,9-12H2,1H3;1H. The molecule has 0 amide bonds. The van der Waals surface area contributed by atoms with Gasteiger partial charge in [0.05, 0.1) is 0 Å². The van der Waals surface area contributed by atoms with E-state index in [4.69, 9.17) is 4.74 Å². The molecule has 0 bridgehead atoms. The van der Waals surface area contributed by atoms with Crippen LogP contribution in [0.3, 0.4) is 0 Å². The summed E-state index contributed by atoms with van der Waals surface area (Å²) in [5, 5.41) is 9.91. The molecular weight excluding hydrogens is 262 g/mol. The molecule has 0 aliphatic carbocycles. The summed E-state index contributed by atoms with van der Waals surface area (Å²) >= 11 is 0. The van der Waals surface area contributed by atoms with Gasteiger partial charge in [-0.1, -0.05) is 19.1 Å². The summed E-state index contributed by atoms with van der Waals surface area (Å²) in [5.74, 6) is 0.840. The molecule has 2 rings (SSSR count). The molecule has 1 aliphatic heterocycles. The lowest BCUT2D eigenvalue weighted by Gasteiger charge is -2.19. The van der Waals surface area contributed by atoms with E-state index in [2.05, 4.69) is 24.0 Å². The molecule has 1 unspecified atom stereocenters. The van der Waals surface area contributed by atoms with E-state index in [1.807, 2.05) is 12.1 Å². The lowest BCUT2D eigenvalue weighted by atomic mass is 10.2. The van der Waals surface area contributed by atoms with E-state index in [1.165, 1.54) is 18.4 Å². The number of nitrogens with zero attached hydrogens (tertiary/aromatic N) is 1. The van der Waals surface area contributed by atoms with Gasteiger partial charge in [-0.15, -0.1) is 12.4 Å². The summed E-state index contributed by atoms with van der Waals surface area (Å²) in [5.41, 5.74) is 1.31. The van der Waals surface area contributed by atoms with Crippen molar-refractivity contribution in [3.8, 4) is 5.75 Å². The normalized spacial score (nSPS) is 16.9. The topological polar surface area (TPSA) is 32.7 Å². The number of benzene rings is 1. The predicted octanol–water partition coefficient (Wildman–Crippen LogP) is 2.51. The molecule has 1 N–H and O–H groups in total. The maximum atomic E-state index is 9.91. The average Bonchev–Trinajstić information content (AvgIpc) is 2.90. The molecule has 1 atom stereocenters. The second-order valence-corrected chi connectivity index (χ2v) is 4.97. The van der Waals surface area contributed by atoms with E-state index in [0.29, 0.717) is 6.61 Å². The summed E-state index contributed by atoms with van der Waals surface area (Å²) in [7, 11) is 0. The van der Waals surface area contributed by atoms with Crippen molar-refractivity contribution in [2.24, 2.45) is 0 Å². The maximum absolute atomic E-state index is 9.91. The highest BCUT2D eigenvalue weighted by molar-refractivity contribution is 5.85. The van der Waals surface area contributed by atoms with Crippen LogP contribution < -0.4 is 4.74 Å². The van der Waals surface area contributed by atoms with Crippen LogP contribution in [-0.2, 0) is 6.42 Å². The number of halogens is 1. The lowest BCUT2D eigenvalue weighted by Crippen LogP contribution is -2.33. The molecule has 108 valence electrons. The van der Waals surface area contributed by atoms with E-state index < -0.39 is 6.10 Å². The summed E-state index contributed by atoms with van der Waals surface area (Å²) < 4.78 is 5.60. The monoisotopic (exact) mass is 285 g/mol. The first kappa shape index (κ1) is 16.3. The van der Waals surface area contributed by atoms with Crippen LogP contribution in [0.4, 0.5) is 0 Å². The number of β-amino-alcohol motifs (C(OH)–C–C–N with tert-alkyl or cyclic N) is 1. The van der Waals surface area contributed by atoms with Crippen LogP contribution in [0.15, 0.2) is 24.3 Å². The van der Waals surface area contributed by atoms with Gasteiger partial charge in [0.25, 0.3) is 0 Å². The first-order valence-corrected chi connectivity index (χ1v) is 6.90. The quantitative estimate of drug-likeness (QED) is 0.872. The number of aryl methyl sites for hydroxylation is 1. The van der Waals surface area contributed by atoms with Crippen molar-refractivity contribution >= 4 is 12.4 Å². The zero-order valence-corrected chi connectivity index (χ0v) is 12.4. The van der Waals surface area contributed by atoms with E-state index in [9.17, 15) is 5.11 Å². The Bertz CT molecular complexity index is 350. The molecule has 1 fully saturated rings. The van der Waals surface area contributed by atoms with Gasteiger partial charge in [0.1, 0.15) is 18.5 Å². The second kappa shape index (κ2) is 8.41. The van der Waals surface area contributed by atoms with Crippen LogP contribution in [-0.4, -0.2) is 42.4 Å². The summed E-state index contributed by atoms with van der Waals surface area (Å²) in [4.78, 5) is 2.30. The smallest absolute Gasteiger partial charge is 0.119 e. The van der Waals surface area contributed by atoms with Gasteiger partial charge < -0.3 is 14.7 Å². The van der Waals surface area contributed by atoms with Gasteiger partial charge in [0.2, 0.25) is 0 Å². The Hall–Kier alpha value is -0.770. The summed E-state index contributed by atoms with van der Waals surface area (Å²) in [6, 6.07) is 8.09. The van der Waals surface area contributed by atoms with Gasteiger partial charge in [-0.05, 0) is 50.0 Å². The van der Waals surface area contributed by atoms with Crippen LogP contribution in [0.1, 0.15) is 25.3 Å². The van der Waals surface area contributed by atoms with Crippen molar-refractivity contribution in [2.75, 3.05) is 26.2 Å². The Morgan fingerprint density at radius 1 is 1.21 bits per heavy atom. The van der Waals surface area contributed by atoms with Crippen LogP contribution in [0, 0.1) is 0 Å². The lowest BCUT2D eigenvalue weighted by molar-refractivity contribution is 0.0758. The minimum Gasteiger partial charge on any atom is -0.491 e. The fourth-order valence-electron chi connectivity index (χ4n) is 2.33. The van der Waals surface area contributed by atoms with E-state index in [-0.39, 0.29) is 12.4 Å². The maximum Gasteiger partial charge on any atom is 0.119 e. The van der Waals surface area contributed by atoms with Gasteiger partial charge in [-0.3, -0.25) is 0 Å². The fourth-order valence-corrected chi connectivity index (χ4v) is 2.33. The minimum absolute atomic E-state index is 0. The summed E-state index contributed by atoms with van der Waals surface area (Å²) in [6.07, 6.45) is 3.16. The number of likely N-dealkylation sites (tertiary alicyclic amines) is 1. The molecule has 0 spiro atoms. The van der Waals surface area contributed by atoms with E-state index in [1.54, 1.807) is 0 Å². The zero-order chi connectivity index (χ0) is 12.8. The number of ether oxygens (including phenoxy) is 1. The van der Waals surface area contributed by atoms with Crippen molar-refractivity contribution in [3.63, 3.8) is 0 Å².